The van der Waals surface area contributed by atoms with E-state index in [1.165, 1.54) is 135 Å². The summed E-state index contributed by atoms with van der Waals surface area (Å²) >= 11 is 0. The first-order valence-corrected chi connectivity index (χ1v) is 39.2. The zero-order chi connectivity index (χ0) is 66.4. The highest BCUT2D eigenvalue weighted by Crippen LogP contribution is 2.53. The Kier molecular flexibility index (Phi) is 53.7. The zero-order valence-electron chi connectivity index (χ0n) is 59.1. The van der Waals surface area contributed by atoms with Crippen LogP contribution in [0, 0.1) is 0 Å². The Bertz CT molecular complexity index is 1760. The van der Waals surface area contributed by atoms with E-state index >= 15 is 0 Å². The van der Waals surface area contributed by atoms with E-state index in [4.69, 9.17) is 62.9 Å². The largest absolute Gasteiger partial charge is 0.475 e. The monoisotopic (exact) mass is 1320 g/mol. The molecule has 2 aliphatic heterocycles. The zero-order valence-corrected chi connectivity index (χ0v) is 60.0. The first-order valence-electron chi connectivity index (χ1n) is 37.8. The van der Waals surface area contributed by atoms with Crippen molar-refractivity contribution in [3.63, 3.8) is 0 Å². The molecule has 91 heavy (non-hydrogen) atoms. The molecule has 0 saturated carbocycles. The molecule has 0 aromatic rings. The lowest BCUT2D eigenvalue weighted by molar-refractivity contribution is -0.301. The minimum atomic E-state index is -4.39. The smallest absolute Gasteiger partial charge is 0.462 e. The molecule has 0 amide bonds. The molecule has 2 fully saturated rings. The van der Waals surface area contributed by atoms with Crippen molar-refractivity contribution in [2.75, 3.05) is 39.6 Å². The summed E-state index contributed by atoms with van der Waals surface area (Å²) in [5, 5.41) is 12.0. The van der Waals surface area contributed by atoms with Crippen LogP contribution in [0.3, 0.4) is 0 Å². The molecule has 11 atom stereocenters. The average molecular weight is 1320 g/mol. The van der Waals surface area contributed by atoms with Crippen molar-refractivity contribution in [1.82, 2.24) is 0 Å². The highest BCUT2D eigenvalue weighted by molar-refractivity contribution is 7.48. The van der Waals surface area contributed by atoms with Crippen molar-refractivity contribution >= 4 is 25.7 Å². The molecule has 2 aliphatic rings. The van der Waals surface area contributed by atoms with Crippen LogP contribution >= 0.6 is 7.82 Å². The van der Waals surface area contributed by atoms with Crippen LogP contribution < -0.4 is 11.5 Å². The summed E-state index contributed by atoms with van der Waals surface area (Å²) in [4.78, 5) is 41.7. The summed E-state index contributed by atoms with van der Waals surface area (Å²) < 4.78 is 83.5. The molecule has 0 bridgehead atoms. The number of phosphoric acid groups is 1. The Morgan fingerprint density at radius 3 is 1.29 bits per heavy atom. The lowest BCUT2D eigenvalue weighted by atomic mass is 9.96. The van der Waals surface area contributed by atoms with Gasteiger partial charge in [-0.3, -0.25) is 28.0 Å². The van der Waals surface area contributed by atoms with Gasteiger partial charge in [0.05, 0.1) is 44.9 Å². The number of unbranched alkanes of at least 4 members (excludes halogenated alkanes) is 34. The number of hydrogen-bond acceptors (Lipinski definition) is 18. The average Bonchev–Trinajstić information content (AvgIpc) is 1.38. The number of ether oxygens (including phenoxy) is 8. The molecule has 0 spiro atoms. The van der Waals surface area contributed by atoms with Crippen LogP contribution in [0.15, 0.2) is 0 Å². The maximum atomic E-state index is 14.8. The third kappa shape index (κ3) is 41.1. The van der Waals surface area contributed by atoms with Gasteiger partial charge in [0.25, 0.3) is 0 Å². The van der Waals surface area contributed by atoms with Gasteiger partial charge < -0.3 is 54.5 Å². The van der Waals surface area contributed by atoms with Crippen LogP contribution in [0.25, 0.3) is 0 Å². The van der Waals surface area contributed by atoms with Gasteiger partial charge in [0.15, 0.2) is 24.8 Å². The van der Waals surface area contributed by atoms with Gasteiger partial charge in [-0.25, -0.2) is 4.57 Å². The Balaban J connectivity index is 2.42. The van der Waals surface area contributed by atoms with Crippen LogP contribution in [-0.2, 0) is 70.4 Å². The molecule has 5 N–H and O–H groups in total. The fourth-order valence-corrected chi connectivity index (χ4v) is 13.1. The van der Waals surface area contributed by atoms with E-state index in [-0.39, 0.29) is 51.7 Å². The van der Waals surface area contributed by atoms with E-state index in [0.717, 1.165) is 103 Å². The number of aliphatic hydroxyl groups is 1. The molecular formula is C72H139N2O16P. The number of hydrogen-bond donors (Lipinski definition) is 3. The second-order valence-electron chi connectivity index (χ2n) is 26.2. The van der Waals surface area contributed by atoms with E-state index in [0.29, 0.717) is 45.3 Å². The number of carbonyl (C=O) groups excluding carboxylic acids is 3. The van der Waals surface area contributed by atoms with E-state index in [9.17, 15) is 24.1 Å². The number of carbonyl (C=O) groups is 3. The van der Waals surface area contributed by atoms with Crippen LogP contribution in [0.2, 0.25) is 0 Å². The lowest BCUT2D eigenvalue weighted by Gasteiger charge is -2.46. The molecule has 538 valence electrons. The minimum absolute atomic E-state index is 0.0742. The van der Waals surface area contributed by atoms with E-state index in [2.05, 4.69) is 20.8 Å². The van der Waals surface area contributed by atoms with Crippen molar-refractivity contribution in [3.8, 4) is 0 Å². The maximum Gasteiger partial charge on any atom is 0.475 e. The Labute approximate surface area is 554 Å². The van der Waals surface area contributed by atoms with Crippen LogP contribution in [0.4, 0.5) is 0 Å². The van der Waals surface area contributed by atoms with Crippen LogP contribution in [-0.4, -0.2) is 130 Å². The van der Waals surface area contributed by atoms with Gasteiger partial charge in [0, 0.05) is 26.1 Å². The van der Waals surface area contributed by atoms with Crippen molar-refractivity contribution < 1.29 is 75.5 Å². The fraction of sp³-hybridized carbons (Fsp3) is 0.958. The molecule has 18 nitrogen and oxygen atoms in total. The number of aliphatic hydroxyl groups excluding tert-OH is 1. The van der Waals surface area contributed by atoms with Gasteiger partial charge in [-0.2, -0.15) is 0 Å². The number of esters is 3. The van der Waals surface area contributed by atoms with Gasteiger partial charge in [-0.1, -0.05) is 267 Å². The van der Waals surface area contributed by atoms with Crippen LogP contribution in [0.1, 0.15) is 337 Å². The molecule has 0 aromatic heterocycles. The number of phosphoric ester groups is 1. The van der Waals surface area contributed by atoms with Crippen LogP contribution in [0.5, 0.6) is 0 Å². The van der Waals surface area contributed by atoms with E-state index in [1.54, 1.807) is 0 Å². The van der Waals surface area contributed by atoms with Crippen molar-refractivity contribution in [2.45, 2.75) is 405 Å². The Morgan fingerprint density at radius 2 is 0.802 bits per heavy atom. The molecule has 0 aromatic carbocycles. The fourth-order valence-electron chi connectivity index (χ4n) is 11.7. The van der Waals surface area contributed by atoms with E-state index in [1.807, 2.05) is 27.7 Å². The molecule has 4 unspecified atom stereocenters. The second-order valence-corrected chi connectivity index (χ2v) is 27.8. The van der Waals surface area contributed by atoms with Gasteiger partial charge in [0.2, 0.25) is 0 Å². The molecular weight excluding hydrogens is 1180 g/mol. The normalized spacial score (nSPS) is 22.3. The quantitative estimate of drug-likeness (QED) is 0.0222. The highest BCUT2D eigenvalue weighted by atomic mass is 31.2. The first-order chi connectivity index (χ1) is 44.3. The standard InChI is InChI=1S/C72H139N2O16P/c1-8-15-22-25-28-31-33-34-36-39-42-45-48-51-63(76)88-69-65(73)71(81-53-19-12-5)86-60(67(69)78)58-82-72-66(74)70(68(61(87-72)57-80-52-18-11-4)90-91(79,83-54-20-13-6)84-55-21-14-7)89-64(77)56-59(49-46-43-40-37-30-27-24-17-10-3)85-62(75)50-47-44-41-38-35-32-29-26-23-16-9-2/h59-61,65-72,78H,8-58,73-74H2,1-7H3/t59-,60?,61?,65+,66?,67-,68-,69?,70-,71+,72-/m1/s1. The summed E-state index contributed by atoms with van der Waals surface area (Å²) in [5.41, 5.74) is 13.8. The summed E-state index contributed by atoms with van der Waals surface area (Å²) in [6, 6.07) is -2.32. The maximum absolute atomic E-state index is 14.8. The molecule has 19 heteroatoms. The van der Waals surface area contributed by atoms with Gasteiger partial charge in [-0.05, 0) is 51.4 Å². The third-order valence-corrected chi connectivity index (χ3v) is 19.1. The molecule has 0 radical (unpaired) electrons. The minimum Gasteiger partial charge on any atom is -0.462 e. The first kappa shape index (κ1) is 85.3. The van der Waals surface area contributed by atoms with Crippen molar-refractivity contribution in [1.29, 1.82) is 0 Å². The molecule has 2 rings (SSSR count). The summed E-state index contributed by atoms with van der Waals surface area (Å²) in [7, 11) is -4.39. The Hall–Kier alpha value is -1.80. The topological polar surface area (TPSA) is 242 Å². The third-order valence-electron chi connectivity index (χ3n) is 17.6. The number of nitrogens with two attached hydrogens (primary N) is 2. The molecule has 0 aliphatic carbocycles. The Morgan fingerprint density at radius 1 is 0.418 bits per heavy atom. The van der Waals surface area contributed by atoms with E-state index < -0.39 is 87.2 Å². The van der Waals surface area contributed by atoms with Gasteiger partial charge >= 0.3 is 25.7 Å². The summed E-state index contributed by atoms with van der Waals surface area (Å²) in [6.45, 7) is 15.1. The van der Waals surface area contributed by atoms with Crippen molar-refractivity contribution in [2.24, 2.45) is 11.5 Å². The van der Waals surface area contributed by atoms with Gasteiger partial charge in [0.1, 0.15) is 30.5 Å². The molecule has 2 saturated heterocycles. The highest BCUT2D eigenvalue weighted by Gasteiger charge is 2.53. The second kappa shape index (κ2) is 57.3. The van der Waals surface area contributed by atoms with Crippen molar-refractivity contribution in [3.05, 3.63) is 0 Å². The summed E-state index contributed by atoms with van der Waals surface area (Å²) in [5.74, 6) is -1.54. The predicted octanol–water partition coefficient (Wildman–Crippen LogP) is 17.5. The SMILES string of the molecule is CCCCCCCCCCCCCCCC(=O)OC1[C@H](O)C(CO[C@@H]2OC(COCCCC)[C@@H](OP(=O)(OCCCC)OCCCC)[C@H](OC(=O)C[C@@H](CCCCCCCCCCC)OC(=O)CCCCCCCCCCCCC)C2N)O[C@H](OCCCC)[C@H]1N. The summed E-state index contributed by atoms with van der Waals surface area (Å²) in [6.07, 6.45) is 33.6. The predicted molar refractivity (Wildman–Crippen MR) is 364 cm³/mol. The van der Waals surface area contributed by atoms with Gasteiger partial charge in [-0.15, -0.1) is 0 Å². The lowest BCUT2D eigenvalue weighted by Crippen LogP contribution is -2.66. The number of rotatable bonds is 63. The molecule has 2 heterocycles.